The van der Waals surface area contributed by atoms with Gasteiger partial charge in [-0.3, -0.25) is 24.5 Å². The summed E-state index contributed by atoms with van der Waals surface area (Å²) in [7, 11) is 0. The number of Topliss-reactive ketones (excluding diaryl/α,β-unsaturated/α-hetero) is 1. The lowest BCUT2D eigenvalue weighted by atomic mass is 9.93. The van der Waals surface area contributed by atoms with Gasteiger partial charge >= 0.3 is 0 Å². The number of ether oxygens (including phenoxy) is 1. The lowest BCUT2D eigenvalue weighted by molar-refractivity contribution is -0.135. The predicted molar refractivity (Wildman–Crippen MR) is 121 cm³/mol. The Hall–Kier alpha value is -3.52. The molecule has 8 nitrogen and oxygen atoms in total. The second-order valence-corrected chi connectivity index (χ2v) is 8.90. The number of carbonyl (C=O) groups is 4. The van der Waals surface area contributed by atoms with E-state index in [1.807, 2.05) is 6.07 Å². The molecule has 8 heteroatoms. The van der Waals surface area contributed by atoms with Crippen molar-refractivity contribution in [3.8, 4) is 0 Å². The molecule has 0 atom stereocenters. The van der Waals surface area contributed by atoms with Crippen molar-refractivity contribution in [3.63, 3.8) is 0 Å². The van der Waals surface area contributed by atoms with Crippen LogP contribution in [0.5, 0.6) is 0 Å². The topological polar surface area (TPSA) is 109 Å². The first-order valence-electron chi connectivity index (χ1n) is 11.4. The summed E-state index contributed by atoms with van der Waals surface area (Å²) in [5.74, 6) is -0.878. The Labute approximate surface area is 189 Å². The highest BCUT2D eigenvalue weighted by molar-refractivity contribution is 6.31. The molecule has 33 heavy (non-hydrogen) atoms. The molecule has 168 valence electrons. The number of ketones is 1. The third-order valence-electron chi connectivity index (χ3n) is 7.05. The van der Waals surface area contributed by atoms with E-state index in [1.54, 1.807) is 17.0 Å². The first kappa shape index (κ1) is 20.1. The number of H-pyrrole nitrogens is 1. The minimum atomic E-state index is -0.386. The quantitative estimate of drug-likeness (QED) is 0.474. The average molecular weight is 445 g/mol. The predicted octanol–water partition coefficient (Wildman–Crippen LogP) is 2.52. The number of hydrogen-bond acceptors (Lipinski definition) is 5. The maximum absolute atomic E-state index is 12.9. The van der Waals surface area contributed by atoms with Crippen LogP contribution >= 0.6 is 0 Å². The Morgan fingerprint density at radius 2 is 1.73 bits per heavy atom. The molecule has 0 spiro atoms. The molecule has 6 rings (SSSR count). The van der Waals surface area contributed by atoms with Crippen LogP contribution in [0.25, 0.3) is 21.8 Å². The zero-order valence-electron chi connectivity index (χ0n) is 18.1. The molecule has 3 aliphatic rings. The van der Waals surface area contributed by atoms with E-state index >= 15 is 0 Å². The fourth-order valence-electron chi connectivity index (χ4n) is 5.46. The normalized spacial score (nSPS) is 17.5. The van der Waals surface area contributed by atoms with Crippen molar-refractivity contribution in [2.24, 2.45) is 0 Å². The second kappa shape index (κ2) is 7.52. The first-order valence-corrected chi connectivity index (χ1v) is 11.4. The molecule has 1 saturated heterocycles. The summed E-state index contributed by atoms with van der Waals surface area (Å²) in [5, 5.41) is 3.92. The highest BCUT2D eigenvalue weighted by Crippen LogP contribution is 2.41. The number of amides is 3. The van der Waals surface area contributed by atoms with Gasteiger partial charge in [-0.05, 0) is 48.6 Å². The van der Waals surface area contributed by atoms with E-state index in [4.69, 9.17) is 4.74 Å². The van der Waals surface area contributed by atoms with E-state index < -0.39 is 0 Å². The molecule has 2 N–H and O–H groups in total. The minimum absolute atomic E-state index is 0.0385. The number of aromatic nitrogens is 1. The molecule has 0 unspecified atom stereocenters. The minimum Gasteiger partial charge on any atom is -0.378 e. The number of morpholine rings is 1. The molecular weight excluding hydrogens is 422 g/mol. The monoisotopic (exact) mass is 445 g/mol. The number of hydrogen-bond donors (Lipinski definition) is 2. The van der Waals surface area contributed by atoms with Gasteiger partial charge in [0.05, 0.1) is 29.9 Å². The number of nitrogens with zero attached hydrogens (tertiary/aromatic N) is 1. The van der Waals surface area contributed by atoms with E-state index in [0.29, 0.717) is 48.4 Å². The fraction of sp³-hybridized carbons (Fsp3) is 0.360. The first-order chi connectivity index (χ1) is 16.0. The van der Waals surface area contributed by atoms with Gasteiger partial charge in [0.25, 0.3) is 11.8 Å². The van der Waals surface area contributed by atoms with Gasteiger partial charge in [0.2, 0.25) is 5.91 Å². The highest BCUT2D eigenvalue weighted by Gasteiger charge is 2.36. The molecule has 3 heterocycles. The van der Waals surface area contributed by atoms with Gasteiger partial charge in [-0.2, -0.15) is 0 Å². The van der Waals surface area contributed by atoms with Crippen molar-refractivity contribution >= 4 is 45.3 Å². The van der Waals surface area contributed by atoms with Crippen LogP contribution in [-0.2, 0) is 22.4 Å². The number of imide groups is 1. The molecular formula is C25H23N3O5. The largest absolute Gasteiger partial charge is 0.378 e. The number of aryl methyl sites for hydroxylation is 1. The Morgan fingerprint density at radius 3 is 2.55 bits per heavy atom. The van der Waals surface area contributed by atoms with E-state index in [1.165, 1.54) is 0 Å². The molecule has 0 radical (unpaired) electrons. The molecule has 1 fully saturated rings. The van der Waals surface area contributed by atoms with Crippen molar-refractivity contribution in [1.82, 2.24) is 15.2 Å². The Balaban J connectivity index is 1.38. The Kier molecular flexibility index (Phi) is 4.58. The molecule has 3 aromatic rings. The van der Waals surface area contributed by atoms with Gasteiger partial charge in [0.15, 0.2) is 5.78 Å². The standard InChI is InChI=1S/C25H23N3O5/c29-18(6-7-19(30)28-8-10-33-11-9-28)13-4-5-17-16(12-13)20-22-21(24(31)27-25(22)32)14-2-1-3-15(14)23(20)26-17/h4-5,12,26H,1-3,6-11H2,(H,27,31,32). The molecule has 1 aromatic heterocycles. The van der Waals surface area contributed by atoms with Crippen molar-refractivity contribution in [2.45, 2.75) is 32.1 Å². The molecule has 3 amide bonds. The molecule has 0 saturated carbocycles. The van der Waals surface area contributed by atoms with Crippen LogP contribution in [0.1, 0.15) is 61.5 Å². The van der Waals surface area contributed by atoms with Crippen LogP contribution in [-0.4, -0.2) is 59.7 Å². The number of fused-ring (bicyclic) bond motifs is 8. The van der Waals surface area contributed by atoms with E-state index in [2.05, 4.69) is 10.3 Å². The highest BCUT2D eigenvalue weighted by atomic mass is 16.5. The van der Waals surface area contributed by atoms with E-state index in [0.717, 1.165) is 46.8 Å². The second-order valence-electron chi connectivity index (χ2n) is 8.90. The molecule has 0 bridgehead atoms. The number of aromatic amines is 1. The lowest BCUT2D eigenvalue weighted by Gasteiger charge is -2.26. The van der Waals surface area contributed by atoms with Crippen LogP contribution < -0.4 is 5.32 Å². The van der Waals surface area contributed by atoms with Gasteiger partial charge in [0.1, 0.15) is 0 Å². The molecule has 1 aliphatic carbocycles. The average Bonchev–Trinajstić information content (AvgIpc) is 3.52. The maximum Gasteiger partial charge on any atom is 0.259 e. The summed E-state index contributed by atoms with van der Waals surface area (Å²) < 4.78 is 5.27. The lowest BCUT2D eigenvalue weighted by Crippen LogP contribution is -2.40. The van der Waals surface area contributed by atoms with Crippen LogP contribution in [0.2, 0.25) is 0 Å². The van der Waals surface area contributed by atoms with Crippen LogP contribution in [0, 0.1) is 0 Å². The number of carbonyl (C=O) groups excluding carboxylic acids is 4. The van der Waals surface area contributed by atoms with Crippen LogP contribution in [0.4, 0.5) is 0 Å². The maximum atomic E-state index is 12.9. The number of nitrogens with one attached hydrogen (secondary N) is 2. The van der Waals surface area contributed by atoms with Crippen molar-refractivity contribution < 1.29 is 23.9 Å². The van der Waals surface area contributed by atoms with Crippen LogP contribution in [0.3, 0.4) is 0 Å². The molecule has 2 aromatic carbocycles. The molecule has 2 aliphatic heterocycles. The summed E-state index contributed by atoms with van der Waals surface area (Å²) in [4.78, 5) is 55.8. The number of benzene rings is 2. The summed E-state index contributed by atoms with van der Waals surface area (Å²) in [6.45, 7) is 2.18. The van der Waals surface area contributed by atoms with Crippen molar-refractivity contribution in [1.29, 1.82) is 0 Å². The van der Waals surface area contributed by atoms with Gasteiger partial charge in [-0.25, -0.2) is 0 Å². The third kappa shape index (κ3) is 3.08. The van der Waals surface area contributed by atoms with Gasteiger partial charge in [-0.15, -0.1) is 0 Å². The summed E-state index contributed by atoms with van der Waals surface area (Å²) in [6.07, 6.45) is 2.85. The Morgan fingerprint density at radius 1 is 0.970 bits per heavy atom. The van der Waals surface area contributed by atoms with E-state index in [9.17, 15) is 19.2 Å². The van der Waals surface area contributed by atoms with Crippen LogP contribution in [0.15, 0.2) is 18.2 Å². The SMILES string of the molecule is O=C(CCC(=O)N1CCOCC1)c1ccc2[nH]c3c4c(c5c(c3c2c1)C(=O)NC5=O)CCC4. The summed E-state index contributed by atoms with van der Waals surface area (Å²) >= 11 is 0. The zero-order chi connectivity index (χ0) is 22.7. The zero-order valence-corrected chi connectivity index (χ0v) is 18.1. The van der Waals surface area contributed by atoms with Gasteiger partial charge < -0.3 is 14.6 Å². The Bertz CT molecular complexity index is 1380. The summed E-state index contributed by atoms with van der Waals surface area (Å²) in [6, 6.07) is 5.38. The van der Waals surface area contributed by atoms with Crippen molar-refractivity contribution in [3.05, 3.63) is 46.0 Å². The third-order valence-corrected chi connectivity index (χ3v) is 7.05. The number of rotatable bonds is 4. The van der Waals surface area contributed by atoms with Crippen molar-refractivity contribution in [2.75, 3.05) is 26.3 Å². The van der Waals surface area contributed by atoms with Gasteiger partial charge in [-0.1, -0.05) is 0 Å². The fourth-order valence-corrected chi connectivity index (χ4v) is 5.46. The van der Waals surface area contributed by atoms with E-state index in [-0.39, 0.29) is 36.3 Å². The summed E-state index contributed by atoms with van der Waals surface area (Å²) in [5.41, 5.74) is 5.16. The smallest absolute Gasteiger partial charge is 0.259 e. The van der Waals surface area contributed by atoms with Gasteiger partial charge in [0, 0.05) is 47.8 Å².